The Morgan fingerprint density at radius 2 is 2.00 bits per heavy atom. The molecule has 4 rings (SSSR count). The van der Waals surface area contributed by atoms with Gasteiger partial charge in [0.25, 0.3) is 0 Å². The molecule has 0 aliphatic carbocycles. The molecule has 2 aromatic heterocycles. The summed E-state index contributed by atoms with van der Waals surface area (Å²) in [6.45, 7) is 0. The molecule has 0 unspecified atom stereocenters. The van der Waals surface area contributed by atoms with Gasteiger partial charge in [0.15, 0.2) is 0 Å². The number of nitrogens with zero attached hydrogens (tertiary/aromatic N) is 1. The van der Waals surface area contributed by atoms with E-state index >= 15 is 0 Å². The lowest BCUT2D eigenvalue weighted by Crippen LogP contribution is -2.01. The predicted molar refractivity (Wildman–Crippen MR) is 104 cm³/mol. The van der Waals surface area contributed by atoms with Gasteiger partial charge in [-0.05, 0) is 48.7 Å². The van der Waals surface area contributed by atoms with E-state index in [4.69, 9.17) is 9.72 Å². The number of nitrogens with one attached hydrogen (secondary N) is 1. The maximum atomic E-state index is 13.8. The molecule has 0 bridgehead atoms. The van der Waals surface area contributed by atoms with Crippen molar-refractivity contribution in [3.05, 3.63) is 66.0 Å². The lowest BCUT2D eigenvalue weighted by Gasteiger charge is -2.06. The number of pyridine rings is 1. The van der Waals surface area contributed by atoms with E-state index in [9.17, 15) is 9.18 Å². The predicted octanol–water partition coefficient (Wildman–Crippen LogP) is 5.02. The number of hydrogen-bond acceptors (Lipinski definition) is 3. The summed E-state index contributed by atoms with van der Waals surface area (Å²) >= 11 is 0. The highest BCUT2D eigenvalue weighted by Gasteiger charge is 2.16. The van der Waals surface area contributed by atoms with Crippen LogP contribution in [0.2, 0.25) is 0 Å². The monoisotopic (exact) mass is 362 g/mol. The molecule has 4 aromatic rings. The Labute approximate surface area is 156 Å². The minimum Gasteiger partial charge on any atom is -0.469 e. The summed E-state index contributed by atoms with van der Waals surface area (Å²) in [7, 11) is 1.38. The van der Waals surface area contributed by atoms with Crippen molar-refractivity contribution >= 4 is 27.8 Å². The van der Waals surface area contributed by atoms with Crippen molar-refractivity contribution in [1.29, 1.82) is 0 Å². The van der Waals surface area contributed by atoms with Crippen LogP contribution in [0.25, 0.3) is 33.2 Å². The molecule has 0 spiro atoms. The van der Waals surface area contributed by atoms with E-state index in [2.05, 4.69) is 4.98 Å². The number of aromatic amines is 1. The number of benzene rings is 2. The SMILES string of the molecule is COC(=O)CCCc1c(-c2ccc3ccccc3n2)[nH]c2ccc(F)cc12. The lowest BCUT2D eigenvalue weighted by atomic mass is 10.0. The number of hydrogen-bond donors (Lipinski definition) is 1. The zero-order chi connectivity index (χ0) is 18.8. The van der Waals surface area contributed by atoms with Crippen molar-refractivity contribution in [2.24, 2.45) is 0 Å². The van der Waals surface area contributed by atoms with Gasteiger partial charge in [-0.25, -0.2) is 9.37 Å². The maximum absolute atomic E-state index is 13.8. The number of aryl methyl sites for hydroxylation is 1. The molecule has 0 saturated heterocycles. The lowest BCUT2D eigenvalue weighted by molar-refractivity contribution is -0.140. The van der Waals surface area contributed by atoms with Crippen LogP contribution in [0.15, 0.2) is 54.6 Å². The molecule has 0 amide bonds. The number of methoxy groups -OCH3 is 1. The number of aromatic nitrogens is 2. The number of rotatable bonds is 5. The first-order valence-electron chi connectivity index (χ1n) is 8.89. The molecule has 0 aliphatic rings. The summed E-state index contributed by atoms with van der Waals surface area (Å²) in [4.78, 5) is 19.6. The quantitative estimate of drug-likeness (QED) is 0.507. The van der Waals surface area contributed by atoms with Crippen LogP contribution in [0.4, 0.5) is 4.39 Å². The van der Waals surface area contributed by atoms with Crippen LogP contribution in [0, 0.1) is 5.82 Å². The highest BCUT2D eigenvalue weighted by Crippen LogP contribution is 2.32. The summed E-state index contributed by atoms with van der Waals surface area (Å²) in [5.74, 6) is -0.528. The van der Waals surface area contributed by atoms with Crippen LogP contribution in [0.3, 0.4) is 0 Å². The minimum absolute atomic E-state index is 0.244. The first-order chi connectivity index (χ1) is 13.2. The zero-order valence-electron chi connectivity index (χ0n) is 15.0. The van der Waals surface area contributed by atoms with Gasteiger partial charge in [0, 0.05) is 22.7 Å². The Morgan fingerprint density at radius 3 is 2.85 bits per heavy atom. The van der Waals surface area contributed by atoms with Gasteiger partial charge in [-0.15, -0.1) is 0 Å². The molecular weight excluding hydrogens is 343 g/mol. The normalized spacial score (nSPS) is 11.2. The maximum Gasteiger partial charge on any atom is 0.305 e. The smallest absolute Gasteiger partial charge is 0.305 e. The fourth-order valence-corrected chi connectivity index (χ4v) is 3.42. The fourth-order valence-electron chi connectivity index (χ4n) is 3.42. The van der Waals surface area contributed by atoms with Gasteiger partial charge in [0.05, 0.1) is 24.0 Å². The van der Waals surface area contributed by atoms with Gasteiger partial charge in [0.2, 0.25) is 0 Å². The number of para-hydroxylation sites is 1. The first kappa shape index (κ1) is 17.2. The average Bonchev–Trinajstić information content (AvgIpc) is 3.05. The molecule has 0 fully saturated rings. The molecule has 0 saturated carbocycles. The van der Waals surface area contributed by atoms with Gasteiger partial charge >= 0.3 is 5.97 Å². The van der Waals surface area contributed by atoms with Crippen LogP contribution >= 0.6 is 0 Å². The van der Waals surface area contributed by atoms with Gasteiger partial charge in [-0.2, -0.15) is 0 Å². The number of ether oxygens (including phenoxy) is 1. The van der Waals surface area contributed by atoms with Crippen LogP contribution in [0.5, 0.6) is 0 Å². The van der Waals surface area contributed by atoms with Gasteiger partial charge in [0.1, 0.15) is 5.82 Å². The number of H-pyrrole nitrogens is 1. The van der Waals surface area contributed by atoms with Crippen molar-refractivity contribution in [3.8, 4) is 11.4 Å². The number of halogens is 1. The molecule has 4 nitrogen and oxygen atoms in total. The van der Waals surface area contributed by atoms with Crippen molar-refractivity contribution < 1.29 is 13.9 Å². The van der Waals surface area contributed by atoms with E-state index in [0.29, 0.717) is 19.3 Å². The third kappa shape index (κ3) is 3.40. The topological polar surface area (TPSA) is 55.0 Å². The third-order valence-electron chi connectivity index (χ3n) is 4.76. The molecule has 1 N–H and O–H groups in total. The standard InChI is InChI=1S/C22H19FN2O2/c1-27-21(26)8-4-6-16-17-13-15(23)10-12-19(17)25-22(16)20-11-9-14-5-2-3-7-18(14)24-20/h2-3,5,7,9-13,25H,4,6,8H2,1H3. The van der Waals surface area contributed by atoms with Crippen LogP contribution in [0.1, 0.15) is 18.4 Å². The second-order valence-corrected chi connectivity index (χ2v) is 6.49. The Hall–Kier alpha value is -3.21. The third-order valence-corrected chi connectivity index (χ3v) is 4.76. The van der Waals surface area contributed by atoms with Crippen LogP contribution < -0.4 is 0 Å². The molecular formula is C22H19FN2O2. The number of esters is 1. The summed E-state index contributed by atoms with van der Waals surface area (Å²) < 4.78 is 18.6. The van der Waals surface area contributed by atoms with Crippen molar-refractivity contribution in [3.63, 3.8) is 0 Å². The number of fused-ring (bicyclic) bond motifs is 2. The van der Waals surface area contributed by atoms with Crippen LogP contribution in [-0.2, 0) is 16.0 Å². The fraction of sp³-hybridized carbons (Fsp3) is 0.182. The zero-order valence-corrected chi connectivity index (χ0v) is 15.0. The van der Waals surface area contributed by atoms with E-state index < -0.39 is 0 Å². The summed E-state index contributed by atoms with van der Waals surface area (Å²) in [5.41, 5.74) is 4.40. The molecule has 0 aliphatic heterocycles. The Kier molecular flexibility index (Phi) is 4.59. The van der Waals surface area contributed by atoms with E-state index in [-0.39, 0.29) is 11.8 Å². The van der Waals surface area contributed by atoms with E-state index in [0.717, 1.165) is 38.8 Å². The second kappa shape index (κ2) is 7.19. The van der Waals surface area contributed by atoms with Gasteiger partial charge in [-0.3, -0.25) is 4.79 Å². The van der Waals surface area contributed by atoms with E-state index in [1.165, 1.54) is 19.2 Å². The Bertz CT molecular complexity index is 1130. The molecule has 136 valence electrons. The molecule has 27 heavy (non-hydrogen) atoms. The van der Waals surface area contributed by atoms with E-state index in [1.54, 1.807) is 6.07 Å². The van der Waals surface area contributed by atoms with Gasteiger partial charge in [-0.1, -0.05) is 24.3 Å². The molecule has 0 atom stereocenters. The highest BCUT2D eigenvalue weighted by molar-refractivity contribution is 5.91. The molecule has 2 heterocycles. The summed E-state index contributed by atoms with van der Waals surface area (Å²) in [5, 5.41) is 1.89. The minimum atomic E-state index is -0.284. The number of carbonyl (C=O) groups excluding carboxylic acids is 1. The molecule has 5 heteroatoms. The average molecular weight is 362 g/mol. The van der Waals surface area contributed by atoms with Crippen molar-refractivity contribution in [2.45, 2.75) is 19.3 Å². The van der Waals surface area contributed by atoms with E-state index in [1.807, 2.05) is 36.4 Å². The first-order valence-corrected chi connectivity index (χ1v) is 8.89. The van der Waals surface area contributed by atoms with Crippen LogP contribution in [-0.4, -0.2) is 23.0 Å². The summed E-state index contributed by atoms with van der Waals surface area (Å²) in [6, 6.07) is 16.6. The Balaban J connectivity index is 1.80. The second-order valence-electron chi connectivity index (χ2n) is 6.49. The Morgan fingerprint density at radius 1 is 1.15 bits per heavy atom. The highest BCUT2D eigenvalue weighted by atomic mass is 19.1. The summed E-state index contributed by atoms with van der Waals surface area (Å²) in [6.07, 6.45) is 1.57. The van der Waals surface area contributed by atoms with Gasteiger partial charge < -0.3 is 9.72 Å². The van der Waals surface area contributed by atoms with Crippen molar-refractivity contribution in [2.75, 3.05) is 7.11 Å². The molecule has 2 aromatic carbocycles. The number of carbonyl (C=O) groups is 1. The largest absolute Gasteiger partial charge is 0.469 e. The van der Waals surface area contributed by atoms with Crippen molar-refractivity contribution in [1.82, 2.24) is 9.97 Å². The molecule has 0 radical (unpaired) electrons.